The van der Waals surface area contributed by atoms with Gasteiger partial charge in [0.05, 0.1) is 40.9 Å². The second-order valence-electron chi connectivity index (χ2n) is 9.33. The van der Waals surface area contributed by atoms with Crippen LogP contribution in [0.5, 0.6) is 0 Å². The number of urea groups is 1. The van der Waals surface area contributed by atoms with Gasteiger partial charge in [-0.2, -0.15) is 18.3 Å². The molecule has 2 aliphatic rings. The van der Waals surface area contributed by atoms with Crippen molar-refractivity contribution in [3.8, 4) is 22.5 Å². The highest BCUT2D eigenvalue weighted by molar-refractivity contribution is 5.96. The second-order valence-corrected chi connectivity index (χ2v) is 9.33. The Kier molecular flexibility index (Phi) is 5.06. The molecular weight excluding hydrogens is 471 g/mol. The quantitative estimate of drug-likeness (QED) is 0.452. The monoisotopic (exact) mass is 495 g/mol. The van der Waals surface area contributed by atoms with Crippen molar-refractivity contribution in [2.45, 2.75) is 38.0 Å². The number of rotatable bonds is 3. The smallest absolute Gasteiger partial charge is 0.341 e. The molecule has 6 rings (SSSR count). The highest BCUT2D eigenvalue weighted by Crippen LogP contribution is 2.44. The zero-order valence-corrected chi connectivity index (χ0v) is 19.8. The van der Waals surface area contributed by atoms with E-state index in [-0.39, 0.29) is 11.7 Å². The van der Waals surface area contributed by atoms with Gasteiger partial charge in [-0.05, 0) is 25.0 Å². The van der Waals surface area contributed by atoms with E-state index < -0.39 is 11.7 Å². The van der Waals surface area contributed by atoms with Crippen LogP contribution in [0.25, 0.3) is 33.4 Å². The zero-order chi connectivity index (χ0) is 25.2. The van der Waals surface area contributed by atoms with E-state index in [0.29, 0.717) is 53.3 Å². The number of halogens is 3. The Balaban J connectivity index is 1.56. The van der Waals surface area contributed by atoms with E-state index in [1.54, 1.807) is 37.2 Å². The minimum absolute atomic E-state index is 0.156. The van der Waals surface area contributed by atoms with Gasteiger partial charge < -0.3 is 14.8 Å². The number of carbonyl (C=O) groups is 1. The van der Waals surface area contributed by atoms with Crippen LogP contribution in [0.4, 0.5) is 18.0 Å². The number of amides is 2. The lowest BCUT2D eigenvalue weighted by Gasteiger charge is -2.29. The third-order valence-corrected chi connectivity index (χ3v) is 6.88. The number of hydrogen-bond donors (Lipinski definition) is 1. The van der Waals surface area contributed by atoms with Crippen molar-refractivity contribution in [1.82, 2.24) is 34.5 Å². The summed E-state index contributed by atoms with van der Waals surface area (Å²) in [4.78, 5) is 23.5. The van der Waals surface area contributed by atoms with Crippen molar-refractivity contribution in [3.05, 3.63) is 53.7 Å². The first kappa shape index (κ1) is 22.6. The lowest BCUT2D eigenvalue weighted by molar-refractivity contribution is -0.137. The maximum atomic E-state index is 14.2. The van der Waals surface area contributed by atoms with E-state index in [2.05, 4.69) is 20.0 Å². The number of aryl methyl sites for hydroxylation is 1. The van der Waals surface area contributed by atoms with E-state index >= 15 is 0 Å². The lowest BCUT2D eigenvalue weighted by atomic mass is 9.99. The molecule has 11 heteroatoms. The molecule has 0 radical (unpaired) electrons. The number of hydrogen-bond acceptors (Lipinski definition) is 4. The number of aromatic nitrogens is 5. The van der Waals surface area contributed by atoms with Crippen LogP contribution in [-0.2, 0) is 26.3 Å². The summed E-state index contributed by atoms with van der Waals surface area (Å²) >= 11 is 0. The van der Waals surface area contributed by atoms with Gasteiger partial charge in [-0.25, -0.2) is 14.8 Å². The van der Waals surface area contributed by atoms with Crippen LogP contribution in [0.3, 0.4) is 0 Å². The Morgan fingerprint density at radius 3 is 2.61 bits per heavy atom. The Hall–Kier alpha value is -3.89. The molecule has 1 aromatic carbocycles. The minimum atomic E-state index is -4.61. The summed E-state index contributed by atoms with van der Waals surface area (Å²) in [5.41, 5.74) is 1.79. The van der Waals surface area contributed by atoms with Crippen molar-refractivity contribution in [3.63, 3.8) is 0 Å². The normalized spacial score (nSPS) is 15.9. The molecule has 0 saturated heterocycles. The van der Waals surface area contributed by atoms with Crippen molar-refractivity contribution >= 4 is 16.9 Å². The van der Waals surface area contributed by atoms with Crippen LogP contribution in [0.2, 0.25) is 0 Å². The Morgan fingerprint density at radius 1 is 1.14 bits per heavy atom. The van der Waals surface area contributed by atoms with Crippen molar-refractivity contribution in [2.24, 2.45) is 7.05 Å². The minimum Gasteiger partial charge on any atom is -0.341 e. The summed E-state index contributed by atoms with van der Waals surface area (Å²) in [5.74, 6) is 1.30. The van der Waals surface area contributed by atoms with Crippen molar-refractivity contribution in [2.75, 3.05) is 13.6 Å². The molecule has 4 aromatic rings. The fourth-order valence-electron chi connectivity index (χ4n) is 4.98. The molecule has 1 aliphatic carbocycles. The molecule has 1 fully saturated rings. The van der Waals surface area contributed by atoms with Gasteiger partial charge in [0.25, 0.3) is 0 Å². The first-order chi connectivity index (χ1) is 17.2. The molecule has 3 aromatic heterocycles. The van der Waals surface area contributed by atoms with E-state index in [4.69, 9.17) is 4.98 Å². The van der Waals surface area contributed by atoms with E-state index in [1.165, 1.54) is 23.1 Å². The van der Waals surface area contributed by atoms with Gasteiger partial charge in [0.1, 0.15) is 5.82 Å². The fourth-order valence-corrected chi connectivity index (χ4v) is 4.98. The van der Waals surface area contributed by atoms with Crippen molar-refractivity contribution in [1.29, 1.82) is 0 Å². The SMILES string of the molecule is CNC(=O)N1CCn2c(C3CC3)nc(-c3cccc4nc(-c5cnn(C)c5)c(C(F)(F)F)cc34)c2C1. The van der Waals surface area contributed by atoms with Gasteiger partial charge >= 0.3 is 12.2 Å². The topological polar surface area (TPSA) is 80.9 Å². The van der Waals surface area contributed by atoms with Crippen LogP contribution in [0.15, 0.2) is 36.7 Å². The number of carbonyl (C=O) groups excluding carboxylic acids is 1. The predicted octanol–water partition coefficient (Wildman–Crippen LogP) is 4.55. The molecule has 4 heterocycles. The van der Waals surface area contributed by atoms with Crippen LogP contribution in [0.1, 0.15) is 35.8 Å². The predicted molar refractivity (Wildman–Crippen MR) is 127 cm³/mol. The summed E-state index contributed by atoms with van der Waals surface area (Å²) in [7, 11) is 3.23. The van der Waals surface area contributed by atoms with Crippen LogP contribution >= 0.6 is 0 Å². The van der Waals surface area contributed by atoms with Gasteiger partial charge in [-0.15, -0.1) is 0 Å². The molecule has 0 spiro atoms. The summed E-state index contributed by atoms with van der Waals surface area (Å²) < 4.78 is 46.3. The number of pyridine rings is 1. The number of benzene rings is 1. The number of imidazole rings is 1. The molecule has 0 atom stereocenters. The van der Waals surface area contributed by atoms with Gasteiger partial charge in [-0.1, -0.05) is 12.1 Å². The standard InChI is InChI=1S/C25H24F3N7O/c1-29-24(36)34-8-9-35-20(13-34)22(32-23(35)14-6-7-14)16-4-3-5-19-17(16)10-18(25(26,27)28)21(31-19)15-11-30-33(2)12-15/h3-5,10-12,14H,6-9,13H2,1-2H3,(H,29,36). The highest BCUT2D eigenvalue weighted by atomic mass is 19.4. The third-order valence-electron chi connectivity index (χ3n) is 6.88. The average Bonchev–Trinajstić information content (AvgIpc) is 3.50. The summed E-state index contributed by atoms with van der Waals surface area (Å²) in [5, 5.41) is 7.05. The zero-order valence-electron chi connectivity index (χ0n) is 19.8. The summed E-state index contributed by atoms with van der Waals surface area (Å²) in [6, 6.07) is 6.25. The number of alkyl halides is 3. The van der Waals surface area contributed by atoms with Gasteiger partial charge in [0.15, 0.2) is 0 Å². The maximum absolute atomic E-state index is 14.2. The van der Waals surface area contributed by atoms with Gasteiger partial charge in [0, 0.05) is 55.8 Å². The Bertz CT molecular complexity index is 1500. The van der Waals surface area contributed by atoms with Crippen LogP contribution in [-0.4, -0.2) is 48.8 Å². The largest absolute Gasteiger partial charge is 0.418 e. The summed E-state index contributed by atoms with van der Waals surface area (Å²) in [6.45, 7) is 1.48. The molecule has 0 unspecified atom stereocenters. The molecule has 1 saturated carbocycles. The molecule has 186 valence electrons. The molecule has 1 N–H and O–H groups in total. The maximum Gasteiger partial charge on any atom is 0.418 e. The Labute approximate surface area is 204 Å². The number of nitrogens with zero attached hydrogens (tertiary/aromatic N) is 6. The number of fused-ring (bicyclic) bond motifs is 2. The fraction of sp³-hybridized carbons (Fsp3) is 0.360. The molecular formula is C25H24F3N7O. The molecule has 2 amide bonds. The first-order valence-electron chi connectivity index (χ1n) is 11.8. The summed E-state index contributed by atoms with van der Waals surface area (Å²) in [6.07, 6.45) is 0.378. The highest BCUT2D eigenvalue weighted by Gasteiger charge is 2.37. The van der Waals surface area contributed by atoms with Crippen molar-refractivity contribution < 1.29 is 18.0 Å². The first-order valence-corrected chi connectivity index (χ1v) is 11.8. The Morgan fingerprint density at radius 2 is 1.94 bits per heavy atom. The van der Waals surface area contributed by atoms with E-state index in [0.717, 1.165) is 24.4 Å². The lowest BCUT2D eigenvalue weighted by Crippen LogP contribution is -2.43. The van der Waals surface area contributed by atoms with Gasteiger partial charge in [0.2, 0.25) is 0 Å². The van der Waals surface area contributed by atoms with Crippen LogP contribution < -0.4 is 5.32 Å². The molecule has 8 nitrogen and oxygen atoms in total. The third kappa shape index (κ3) is 3.69. The molecule has 0 bridgehead atoms. The average molecular weight is 496 g/mol. The van der Waals surface area contributed by atoms with Crippen LogP contribution in [0, 0.1) is 0 Å². The van der Waals surface area contributed by atoms with E-state index in [9.17, 15) is 18.0 Å². The van der Waals surface area contributed by atoms with Gasteiger partial charge in [-0.3, -0.25) is 4.68 Å². The van der Waals surface area contributed by atoms with E-state index in [1.807, 2.05) is 0 Å². The molecule has 1 aliphatic heterocycles. The molecule has 36 heavy (non-hydrogen) atoms. The number of nitrogens with one attached hydrogen (secondary N) is 1. The second kappa shape index (κ2) is 8.07.